The van der Waals surface area contributed by atoms with Crippen LogP contribution in [0.4, 0.5) is 5.82 Å². The van der Waals surface area contributed by atoms with Gasteiger partial charge >= 0.3 is 5.97 Å². The zero-order chi connectivity index (χ0) is 16.1. The summed E-state index contributed by atoms with van der Waals surface area (Å²) in [6.45, 7) is 2.16. The number of esters is 1. The van der Waals surface area contributed by atoms with Crippen molar-refractivity contribution >= 4 is 29.2 Å². The highest BCUT2D eigenvalue weighted by Gasteiger charge is 2.24. The summed E-state index contributed by atoms with van der Waals surface area (Å²) >= 11 is 5.83. The van der Waals surface area contributed by atoms with Crippen LogP contribution in [0.3, 0.4) is 0 Å². The van der Waals surface area contributed by atoms with Gasteiger partial charge in [0.1, 0.15) is 17.3 Å². The molecule has 1 heterocycles. The molecule has 1 saturated carbocycles. The van der Waals surface area contributed by atoms with Gasteiger partial charge in [-0.1, -0.05) is 18.5 Å². The maximum Gasteiger partial charge on any atom is 0.313 e. The predicted molar refractivity (Wildman–Crippen MR) is 82.4 cm³/mol. The SMILES string of the molecule is CCCOC(=O)CC(=O)c1cc(Cl)c(O)nc1NC1CCC1. The third-order valence-corrected chi connectivity index (χ3v) is 3.75. The van der Waals surface area contributed by atoms with Crippen molar-refractivity contribution in [2.75, 3.05) is 11.9 Å². The van der Waals surface area contributed by atoms with Gasteiger partial charge in [0.15, 0.2) is 5.78 Å². The molecule has 0 atom stereocenters. The van der Waals surface area contributed by atoms with E-state index in [0.29, 0.717) is 6.42 Å². The number of nitrogens with zero attached hydrogens (tertiary/aromatic N) is 1. The van der Waals surface area contributed by atoms with Crippen molar-refractivity contribution in [1.82, 2.24) is 4.98 Å². The summed E-state index contributed by atoms with van der Waals surface area (Å²) < 4.78 is 4.91. The summed E-state index contributed by atoms with van der Waals surface area (Å²) in [4.78, 5) is 27.8. The Balaban J connectivity index is 2.14. The lowest BCUT2D eigenvalue weighted by molar-refractivity contribution is -0.142. The van der Waals surface area contributed by atoms with Gasteiger partial charge < -0.3 is 15.2 Å². The van der Waals surface area contributed by atoms with E-state index in [-0.39, 0.29) is 41.4 Å². The molecule has 0 amide bonds. The van der Waals surface area contributed by atoms with E-state index in [0.717, 1.165) is 19.3 Å². The molecule has 2 N–H and O–H groups in total. The number of ether oxygens (including phenoxy) is 1. The number of hydrogen-bond acceptors (Lipinski definition) is 6. The van der Waals surface area contributed by atoms with Gasteiger partial charge in [-0.2, -0.15) is 4.98 Å². The Kier molecular flexibility index (Phi) is 5.60. The number of halogens is 1. The number of anilines is 1. The average molecular weight is 327 g/mol. The minimum Gasteiger partial charge on any atom is -0.492 e. The lowest BCUT2D eigenvalue weighted by Crippen LogP contribution is -2.28. The summed E-state index contributed by atoms with van der Waals surface area (Å²) in [5.41, 5.74) is 0.197. The van der Waals surface area contributed by atoms with Gasteiger partial charge in [0.2, 0.25) is 5.88 Å². The summed E-state index contributed by atoms with van der Waals surface area (Å²) in [7, 11) is 0. The van der Waals surface area contributed by atoms with E-state index in [4.69, 9.17) is 16.3 Å². The Morgan fingerprint density at radius 1 is 1.50 bits per heavy atom. The molecule has 0 spiro atoms. The van der Waals surface area contributed by atoms with Crippen molar-refractivity contribution in [2.24, 2.45) is 0 Å². The van der Waals surface area contributed by atoms with E-state index in [1.165, 1.54) is 6.07 Å². The second kappa shape index (κ2) is 7.45. The van der Waals surface area contributed by atoms with Crippen molar-refractivity contribution in [3.8, 4) is 5.88 Å². The quantitative estimate of drug-likeness (QED) is 0.455. The van der Waals surface area contributed by atoms with Gasteiger partial charge in [-0.3, -0.25) is 9.59 Å². The highest BCUT2D eigenvalue weighted by atomic mass is 35.5. The van der Waals surface area contributed by atoms with E-state index in [9.17, 15) is 14.7 Å². The van der Waals surface area contributed by atoms with Crippen LogP contribution < -0.4 is 5.32 Å². The zero-order valence-corrected chi connectivity index (χ0v) is 13.2. The second-order valence-electron chi connectivity index (χ2n) is 5.28. The van der Waals surface area contributed by atoms with E-state index >= 15 is 0 Å². The Morgan fingerprint density at radius 3 is 2.82 bits per heavy atom. The fraction of sp³-hybridized carbons (Fsp3) is 0.533. The van der Waals surface area contributed by atoms with Crippen molar-refractivity contribution < 1.29 is 19.4 Å². The molecule has 0 bridgehead atoms. The molecule has 7 heteroatoms. The number of pyridine rings is 1. The first-order valence-corrected chi connectivity index (χ1v) is 7.74. The maximum atomic E-state index is 12.3. The largest absolute Gasteiger partial charge is 0.492 e. The van der Waals surface area contributed by atoms with E-state index in [1.807, 2.05) is 6.92 Å². The van der Waals surface area contributed by atoms with E-state index < -0.39 is 11.8 Å². The second-order valence-corrected chi connectivity index (χ2v) is 5.69. The normalized spacial score (nSPS) is 14.3. The first-order chi connectivity index (χ1) is 10.5. The summed E-state index contributed by atoms with van der Waals surface area (Å²) in [5.74, 6) is -1.09. The molecule has 1 fully saturated rings. The molecule has 0 aliphatic heterocycles. The zero-order valence-electron chi connectivity index (χ0n) is 12.4. The van der Waals surface area contributed by atoms with Crippen molar-refractivity contribution in [2.45, 2.75) is 45.1 Å². The van der Waals surface area contributed by atoms with Gasteiger partial charge in [0.05, 0.1) is 12.2 Å². The predicted octanol–water partition coefficient (Wildman–Crippen LogP) is 2.93. The molecule has 1 aliphatic rings. The first kappa shape index (κ1) is 16.5. The number of carbonyl (C=O) groups excluding carboxylic acids is 2. The number of Topliss-reactive ketones (excluding diaryl/α,β-unsaturated/α-hetero) is 1. The highest BCUT2D eigenvalue weighted by Crippen LogP contribution is 2.30. The van der Waals surface area contributed by atoms with Crippen LogP contribution in [0.15, 0.2) is 6.07 Å². The molecule has 0 radical (unpaired) electrons. The highest BCUT2D eigenvalue weighted by molar-refractivity contribution is 6.32. The van der Waals surface area contributed by atoms with Gasteiger partial charge in [-0.25, -0.2) is 0 Å². The summed E-state index contributed by atoms with van der Waals surface area (Å²) in [5, 5.41) is 12.7. The standard InChI is InChI=1S/C15H19ClN2O4/c1-2-6-22-13(20)8-12(19)10-7-11(16)15(21)18-14(10)17-9-4-3-5-9/h7,9H,2-6,8H2,1H3,(H2,17,18,21). The van der Waals surface area contributed by atoms with Crippen LogP contribution in [0.1, 0.15) is 49.4 Å². The lowest BCUT2D eigenvalue weighted by atomic mass is 9.93. The molecule has 1 aromatic rings. The van der Waals surface area contributed by atoms with Crippen LogP contribution in [0, 0.1) is 0 Å². The number of aromatic hydroxyl groups is 1. The molecule has 1 aliphatic carbocycles. The topological polar surface area (TPSA) is 88.5 Å². The molecular weight excluding hydrogens is 308 g/mol. The van der Waals surface area contributed by atoms with Gasteiger partial charge in [0, 0.05) is 6.04 Å². The fourth-order valence-electron chi connectivity index (χ4n) is 2.04. The Bertz CT molecular complexity index is 573. The minimum atomic E-state index is -0.578. The summed E-state index contributed by atoms with van der Waals surface area (Å²) in [6, 6.07) is 1.56. The Labute approximate surface area is 133 Å². The van der Waals surface area contributed by atoms with Crippen LogP contribution in [-0.2, 0) is 9.53 Å². The van der Waals surface area contributed by atoms with Crippen molar-refractivity contribution in [3.05, 3.63) is 16.7 Å². The third-order valence-electron chi connectivity index (χ3n) is 3.48. The average Bonchev–Trinajstić information content (AvgIpc) is 2.43. The number of carbonyl (C=O) groups is 2. The minimum absolute atomic E-state index is 0.0237. The first-order valence-electron chi connectivity index (χ1n) is 7.36. The number of nitrogens with one attached hydrogen (secondary N) is 1. The van der Waals surface area contributed by atoms with Crippen LogP contribution in [0.2, 0.25) is 5.02 Å². The maximum absolute atomic E-state index is 12.3. The number of aromatic nitrogens is 1. The smallest absolute Gasteiger partial charge is 0.313 e. The third kappa shape index (κ3) is 4.10. The molecule has 6 nitrogen and oxygen atoms in total. The number of rotatable bonds is 7. The summed E-state index contributed by atoms with van der Waals surface area (Å²) in [6.07, 6.45) is 3.40. The van der Waals surface area contributed by atoms with Crippen LogP contribution in [-0.4, -0.2) is 34.5 Å². The van der Waals surface area contributed by atoms with Gasteiger partial charge in [-0.15, -0.1) is 0 Å². The van der Waals surface area contributed by atoms with Gasteiger partial charge in [-0.05, 0) is 31.7 Å². The van der Waals surface area contributed by atoms with E-state index in [1.54, 1.807) is 0 Å². The van der Waals surface area contributed by atoms with Crippen LogP contribution in [0.25, 0.3) is 0 Å². The van der Waals surface area contributed by atoms with Crippen LogP contribution in [0.5, 0.6) is 5.88 Å². The number of ketones is 1. The molecule has 0 saturated heterocycles. The molecular formula is C15H19ClN2O4. The molecule has 0 aromatic carbocycles. The lowest BCUT2D eigenvalue weighted by Gasteiger charge is -2.27. The molecule has 2 rings (SSSR count). The van der Waals surface area contributed by atoms with Crippen molar-refractivity contribution in [3.63, 3.8) is 0 Å². The number of hydrogen-bond donors (Lipinski definition) is 2. The Hall–Kier alpha value is -1.82. The molecule has 120 valence electrons. The Morgan fingerprint density at radius 2 is 2.23 bits per heavy atom. The van der Waals surface area contributed by atoms with E-state index in [2.05, 4.69) is 10.3 Å². The molecule has 22 heavy (non-hydrogen) atoms. The van der Waals surface area contributed by atoms with Gasteiger partial charge in [0.25, 0.3) is 0 Å². The van der Waals surface area contributed by atoms with Crippen LogP contribution >= 0.6 is 11.6 Å². The monoisotopic (exact) mass is 326 g/mol. The van der Waals surface area contributed by atoms with Crippen molar-refractivity contribution in [1.29, 1.82) is 0 Å². The molecule has 0 unspecified atom stereocenters. The fourth-order valence-corrected chi connectivity index (χ4v) is 2.19. The molecule has 1 aromatic heterocycles.